The number of nitrogens with zero attached hydrogens (tertiary/aromatic N) is 1. The number of anilines is 1. The summed E-state index contributed by atoms with van der Waals surface area (Å²) in [4.78, 5) is 18.2. The number of aromatic amines is 1. The second kappa shape index (κ2) is 4.57. The van der Waals surface area contributed by atoms with Gasteiger partial charge in [0.1, 0.15) is 5.69 Å². The lowest BCUT2D eigenvalue weighted by molar-refractivity contribution is 0.0172. The first-order valence-corrected chi connectivity index (χ1v) is 6.18. The maximum atomic E-state index is 11.6. The lowest BCUT2D eigenvalue weighted by Crippen LogP contribution is -2.40. The van der Waals surface area contributed by atoms with Crippen molar-refractivity contribution in [1.29, 1.82) is 0 Å². The summed E-state index contributed by atoms with van der Waals surface area (Å²) in [5.41, 5.74) is 0.730. The smallest absolute Gasteiger partial charge is 0.274 e. The zero-order valence-electron chi connectivity index (χ0n) is 10.1. The Balaban J connectivity index is 1.90. The fraction of sp³-hybridized carbons (Fsp3) is 0.636. The molecule has 3 heterocycles. The molecule has 1 saturated heterocycles. The molecule has 0 aromatic carbocycles. The van der Waals surface area contributed by atoms with Crippen LogP contribution >= 0.6 is 0 Å². The highest BCUT2D eigenvalue weighted by Crippen LogP contribution is 2.33. The Morgan fingerprint density at radius 1 is 1.37 bits per heavy atom. The number of hydrogen-bond donors (Lipinski definition) is 6. The van der Waals surface area contributed by atoms with Crippen molar-refractivity contribution in [3.8, 4) is 0 Å². The molecule has 8 nitrogen and oxygen atoms in total. The first kappa shape index (κ1) is 12.5. The normalized spacial score (nSPS) is 37.1. The average Bonchev–Trinajstić information content (AvgIpc) is 2.94. The van der Waals surface area contributed by atoms with Gasteiger partial charge in [0.05, 0.1) is 36.9 Å². The fourth-order valence-corrected chi connectivity index (χ4v) is 2.88. The monoisotopic (exact) mass is 268 g/mol. The van der Waals surface area contributed by atoms with E-state index in [1.807, 2.05) is 0 Å². The Kier molecular flexibility index (Phi) is 3.02. The zero-order chi connectivity index (χ0) is 13.6. The van der Waals surface area contributed by atoms with Crippen LogP contribution < -0.4 is 16.2 Å². The van der Waals surface area contributed by atoms with Crippen LogP contribution in [0.5, 0.6) is 0 Å². The number of aromatic nitrogens is 2. The largest absolute Gasteiger partial charge is 0.395 e. The van der Waals surface area contributed by atoms with Crippen LogP contribution in [0.2, 0.25) is 0 Å². The van der Waals surface area contributed by atoms with E-state index in [1.165, 1.54) is 6.33 Å². The highest BCUT2D eigenvalue weighted by Gasteiger charge is 2.47. The van der Waals surface area contributed by atoms with Gasteiger partial charge in [0, 0.05) is 18.5 Å². The summed E-state index contributed by atoms with van der Waals surface area (Å²) in [6.45, 7) is 0.194. The molecule has 2 aliphatic rings. The number of nitrogens with one attached hydrogen (secondary N) is 3. The molecule has 0 radical (unpaired) electrons. The molecule has 5 unspecified atom stereocenters. The van der Waals surface area contributed by atoms with Crippen LogP contribution in [-0.4, -0.2) is 62.7 Å². The summed E-state index contributed by atoms with van der Waals surface area (Å²) in [7, 11) is 0. The average molecular weight is 268 g/mol. The fourth-order valence-electron chi connectivity index (χ4n) is 2.88. The second-order valence-electron chi connectivity index (χ2n) is 4.94. The van der Waals surface area contributed by atoms with E-state index in [9.17, 15) is 15.0 Å². The molecule has 0 bridgehead atoms. The van der Waals surface area contributed by atoms with Crippen molar-refractivity contribution >= 4 is 5.69 Å². The molecule has 104 valence electrons. The summed E-state index contributed by atoms with van der Waals surface area (Å²) in [5, 5.41) is 35.0. The van der Waals surface area contributed by atoms with Gasteiger partial charge in [0.25, 0.3) is 5.56 Å². The molecule has 0 amide bonds. The lowest BCUT2D eigenvalue weighted by Gasteiger charge is -2.21. The van der Waals surface area contributed by atoms with Crippen LogP contribution in [-0.2, 0) is 0 Å². The second-order valence-corrected chi connectivity index (χ2v) is 4.94. The van der Waals surface area contributed by atoms with Gasteiger partial charge in [-0.2, -0.15) is 0 Å². The summed E-state index contributed by atoms with van der Waals surface area (Å²) in [5.74, 6) is -0.224. The first-order chi connectivity index (χ1) is 9.13. The Hall–Kier alpha value is -1.48. The van der Waals surface area contributed by atoms with Crippen molar-refractivity contribution < 1.29 is 15.3 Å². The number of fused-ring (bicyclic) bond motifs is 1. The van der Waals surface area contributed by atoms with E-state index in [2.05, 4.69) is 20.6 Å². The third kappa shape index (κ3) is 1.84. The van der Waals surface area contributed by atoms with Gasteiger partial charge in [-0.25, -0.2) is 4.98 Å². The van der Waals surface area contributed by atoms with Gasteiger partial charge in [0.15, 0.2) is 0 Å². The van der Waals surface area contributed by atoms with E-state index in [0.29, 0.717) is 17.9 Å². The van der Waals surface area contributed by atoms with Gasteiger partial charge < -0.3 is 30.9 Å². The molecule has 3 rings (SSSR count). The molecule has 1 fully saturated rings. The molecular formula is C11H16N4O4. The molecule has 0 spiro atoms. The quantitative estimate of drug-likeness (QED) is 0.345. The summed E-state index contributed by atoms with van der Waals surface area (Å²) in [6, 6.07) is -1.01. The summed E-state index contributed by atoms with van der Waals surface area (Å²) < 4.78 is 0. The van der Waals surface area contributed by atoms with Crippen LogP contribution in [0.1, 0.15) is 11.6 Å². The van der Waals surface area contributed by atoms with Gasteiger partial charge in [-0.1, -0.05) is 0 Å². The summed E-state index contributed by atoms with van der Waals surface area (Å²) >= 11 is 0. The van der Waals surface area contributed by atoms with E-state index < -0.39 is 24.3 Å². The molecule has 1 aromatic heterocycles. The molecular weight excluding hydrogens is 252 g/mol. The van der Waals surface area contributed by atoms with Gasteiger partial charge in [-0.05, 0) is 0 Å². The maximum Gasteiger partial charge on any atom is 0.274 e. The third-order valence-electron chi connectivity index (χ3n) is 3.90. The number of H-pyrrole nitrogens is 1. The topological polar surface area (TPSA) is 130 Å². The van der Waals surface area contributed by atoms with Crippen LogP contribution in [0.4, 0.5) is 5.69 Å². The van der Waals surface area contributed by atoms with E-state index in [-0.39, 0.29) is 18.1 Å². The predicted octanol–water partition coefficient (Wildman–Crippen LogP) is -2.67. The molecule has 6 N–H and O–H groups in total. The number of aliphatic hydroxyl groups excluding tert-OH is 3. The summed E-state index contributed by atoms with van der Waals surface area (Å²) in [6.07, 6.45) is -0.709. The third-order valence-corrected chi connectivity index (χ3v) is 3.90. The molecule has 19 heavy (non-hydrogen) atoms. The highest BCUT2D eigenvalue weighted by atomic mass is 16.3. The maximum absolute atomic E-state index is 11.6. The predicted molar refractivity (Wildman–Crippen MR) is 65.9 cm³/mol. The van der Waals surface area contributed by atoms with Crippen LogP contribution in [0.25, 0.3) is 0 Å². The Morgan fingerprint density at radius 3 is 2.84 bits per heavy atom. The van der Waals surface area contributed by atoms with Crippen molar-refractivity contribution in [1.82, 2.24) is 15.3 Å². The van der Waals surface area contributed by atoms with Crippen molar-refractivity contribution in [3.05, 3.63) is 22.4 Å². The minimum absolute atomic E-state index is 0.224. The van der Waals surface area contributed by atoms with E-state index in [0.717, 1.165) is 0 Å². The minimum Gasteiger partial charge on any atom is -0.395 e. The standard InChI is InChI=1S/C11H16N4O4/c16-2-5-9(17)10(18)7(15-5)4-1-12-8-6(4)13-3-14-11(8)19/h3-5,7,9-10,12,15-18H,1-2H2,(H,13,14,19). The minimum atomic E-state index is -1.03. The van der Waals surface area contributed by atoms with Crippen molar-refractivity contribution in [3.63, 3.8) is 0 Å². The van der Waals surface area contributed by atoms with Crippen LogP contribution in [0.3, 0.4) is 0 Å². The first-order valence-electron chi connectivity index (χ1n) is 6.18. The van der Waals surface area contributed by atoms with E-state index >= 15 is 0 Å². The van der Waals surface area contributed by atoms with Crippen LogP contribution in [0, 0.1) is 0 Å². The van der Waals surface area contributed by atoms with Crippen LogP contribution in [0.15, 0.2) is 11.1 Å². The molecule has 0 saturated carbocycles. The molecule has 8 heteroatoms. The van der Waals surface area contributed by atoms with Crippen molar-refractivity contribution in [2.75, 3.05) is 18.5 Å². The van der Waals surface area contributed by atoms with Gasteiger partial charge >= 0.3 is 0 Å². The number of hydrogen-bond acceptors (Lipinski definition) is 7. The molecule has 5 atom stereocenters. The highest BCUT2D eigenvalue weighted by molar-refractivity contribution is 5.53. The number of aliphatic hydroxyl groups is 3. The van der Waals surface area contributed by atoms with Gasteiger partial charge in [0.2, 0.25) is 0 Å². The molecule has 0 aliphatic carbocycles. The van der Waals surface area contributed by atoms with E-state index in [1.54, 1.807) is 0 Å². The number of rotatable bonds is 2. The Labute approximate surface area is 108 Å². The lowest BCUT2D eigenvalue weighted by atomic mass is 9.93. The molecule has 1 aromatic rings. The SMILES string of the molecule is O=c1[nH]cnc2c1NCC2C1NC(CO)C(O)C1O. The van der Waals surface area contributed by atoms with Gasteiger partial charge in [-0.15, -0.1) is 0 Å². The molecule has 2 aliphatic heterocycles. The van der Waals surface area contributed by atoms with E-state index in [4.69, 9.17) is 5.11 Å². The zero-order valence-corrected chi connectivity index (χ0v) is 10.1. The Morgan fingerprint density at radius 2 is 2.16 bits per heavy atom. The Bertz CT molecular complexity index is 534. The van der Waals surface area contributed by atoms with Crippen molar-refractivity contribution in [2.24, 2.45) is 0 Å². The van der Waals surface area contributed by atoms with Gasteiger partial charge in [-0.3, -0.25) is 4.79 Å². The van der Waals surface area contributed by atoms with Crippen molar-refractivity contribution in [2.45, 2.75) is 30.2 Å².